The zero-order valence-electron chi connectivity index (χ0n) is 23.4. The minimum atomic E-state index is 0.349. The lowest BCUT2D eigenvalue weighted by molar-refractivity contribution is 0.211. The molecule has 41 heavy (non-hydrogen) atoms. The van der Waals surface area contributed by atoms with Crippen LogP contribution in [0.2, 0.25) is 0 Å². The van der Waals surface area contributed by atoms with Crippen LogP contribution < -0.4 is 28.4 Å². The van der Waals surface area contributed by atoms with Crippen molar-refractivity contribution in [2.75, 3.05) is 41.7 Å². The van der Waals surface area contributed by atoms with E-state index >= 15 is 0 Å². The highest BCUT2D eigenvalue weighted by molar-refractivity contribution is 7.21. The first-order valence-electron chi connectivity index (χ1n) is 13.0. The van der Waals surface area contributed by atoms with E-state index in [9.17, 15) is 0 Å². The van der Waals surface area contributed by atoms with Crippen molar-refractivity contribution in [2.24, 2.45) is 0 Å². The molecular weight excluding hydrogens is 538 g/mol. The zero-order valence-corrected chi connectivity index (χ0v) is 24.2. The molecule has 0 saturated heterocycles. The van der Waals surface area contributed by atoms with Crippen LogP contribution in [0.25, 0.3) is 32.9 Å². The summed E-state index contributed by atoms with van der Waals surface area (Å²) in [5.74, 6) is 3.78. The Hall–Kier alpha value is -4.69. The van der Waals surface area contributed by atoms with E-state index in [0.29, 0.717) is 42.0 Å². The summed E-state index contributed by atoms with van der Waals surface area (Å²) in [4.78, 5) is 4.75. The summed E-state index contributed by atoms with van der Waals surface area (Å²) in [6, 6.07) is 25.7. The number of rotatable bonds is 12. The first-order chi connectivity index (χ1) is 20.1. The molecule has 0 aliphatic rings. The number of benzene rings is 4. The van der Waals surface area contributed by atoms with E-state index < -0.39 is 0 Å². The van der Waals surface area contributed by atoms with Crippen LogP contribution in [0.15, 0.2) is 78.9 Å². The van der Waals surface area contributed by atoms with Gasteiger partial charge in [0.25, 0.3) is 0 Å². The molecular formula is C33H31NO6S. The Balaban J connectivity index is 1.23. The number of methoxy groups -OCH3 is 4. The molecule has 5 aromatic rings. The van der Waals surface area contributed by atoms with Crippen LogP contribution in [0.1, 0.15) is 11.1 Å². The Morgan fingerprint density at radius 1 is 0.634 bits per heavy atom. The molecule has 4 aromatic carbocycles. The van der Waals surface area contributed by atoms with Crippen molar-refractivity contribution in [3.63, 3.8) is 0 Å². The van der Waals surface area contributed by atoms with E-state index in [0.717, 1.165) is 37.7 Å². The third-order valence-corrected chi connectivity index (χ3v) is 7.41. The van der Waals surface area contributed by atoms with Crippen LogP contribution in [-0.2, 0) is 0 Å². The molecule has 0 aliphatic heterocycles. The van der Waals surface area contributed by atoms with Gasteiger partial charge in [0, 0.05) is 5.56 Å². The van der Waals surface area contributed by atoms with Crippen molar-refractivity contribution in [1.82, 2.24) is 4.98 Å². The van der Waals surface area contributed by atoms with Crippen LogP contribution in [0.5, 0.6) is 34.5 Å². The van der Waals surface area contributed by atoms with Gasteiger partial charge in [-0.05, 0) is 59.7 Å². The monoisotopic (exact) mass is 569 g/mol. The summed E-state index contributed by atoms with van der Waals surface area (Å²) in [6.45, 7) is 0.722. The van der Waals surface area contributed by atoms with Gasteiger partial charge in [0.15, 0.2) is 23.0 Å². The van der Waals surface area contributed by atoms with Crippen LogP contribution in [-0.4, -0.2) is 46.6 Å². The number of para-hydroxylation sites is 1. The van der Waals surface area contributed by atoms with E-state index in [1.807, 2.05) is 84.9 Å². The fraction of sp³-hybridized carbons (Fsp3) is 0.182. The number of thiazole rings is 1. The molecule has 210 valence electrons. The first kappa shape index (κ1) is 27.9. The van der Waals surface area contributed by atoms with Crippen molar-refractivity contribution >= 4 is 33.7 Å². The SMILES string of the molecule is COc1ccc(/C=C\c2cc(OC)c(OC)c(OC)c2)cc1OCCOc1cccc(-c2nc3ccccc3s2)c1. The molecule has 1 aromatic heterocycles. The summed E-state index contributed by atoms with van der Waals surface area (Å²) in [5.41, 5.74) is 3.87. The average Bonchev–Trinajstić information content (AvgIpc) is 3.46. The minimum absolute atomic E-state index is 0.349. The second-order valence-electron chi connectivity index (χ2n) is 8.91. The van der Waals surface area contributed by atoms with Crippen LogP contribution in [0.4, 0.5) is 0 Å². The minimum Gasteiger partial charge on any atom is -0.493 e. The maximum absolute atomic E-state index is 6.05. The van der Waals surface area contributed by atoms with Gasteiger partial charge in [0.05, 0.1) is 38.7 Å². The summed E-state index contributed by atoms with van der Waals surface area (Å²) >= 11 is 1.67. The molecule has 0 unspecified atom stereocenters. The Morgan fingerprint density at radius 3 is 2.07 bits per heavy atom. The first-order valence-corrected chi connectivity index (χ1v) is 13.8. The van der Waals surface area contributed by atoms with Gasteiger partial charge in [-0.15, -0.1) is 11.3 Å². The molecule has 0 radical (unpaired) electrons. The predicted molar refractivity (Wildman–Crippen MR) is 164 cm³/mol. The van der Waals surface area contributed by atoms with E-state index in [2.05, 4.69) is 6.07 Å². The zero-order chi connectivity index (χ0) is 28.6. The summed E-state index contributed by atoms with van der Waals surface area (Å²) in [5, 5.41) is 0.967. The molecule has 1 heterocycles. The van der Waals surface area contributed by atoms with Gasteiger partial charge in [-0.25, -0.2) is 4.98 Å². The molecule has 7 nitrogen and oxygen atoms in total. The third-order valence-electron chi connectivity index (χ3n) is 6.33. The predicted octanol–water partition coefficient (Wildman–Crippen LogP) is 7.63. The summed E-state index contributed by atoms with van der Waals surface area (Å²) in [6.07, 6.45) is 3.95. The van der Waals surface area contributed by atoms with Gasteiger partial charge in [0.2, 0.25) is 5.75 Å². The van der Waals surface area contributed by atoms with E-state index in [1.165, 1.54) is 0 Å². The number of fused-ring (bicyclic) bond motifs is 1. The second-order valence-corrected chi connectivity index (χ2v) is 9.94. The van der Waals surface area contributed by atoms with E-state index in [4.69, 9.17) is 33.4 Å². The highest BCUT2D eigenvalue weighted by atomic mass is 32.1. The lowest BCUT2D eigenvalue weighted by atomic mass is 10.1. The van der Waals surface area contributed by atoms with Crippen molar-refractivity contribution in [3.05, 3.63) is 90.0 Å². The van der Waals surface area contributed by atoms with E-state index in [-0.39, 0.29) is 0 Å². The molecule has 5 rings (SSSR count). The van der Waals surface area contributed by atoms with Gasteiger partial charge in [-0.1, -0.05) is 42.5 Å². The number of ether oxygens (including phenoxy) is 6. The van der Waals surface area contributed by atoms with Gasteiger partial charge >= 0.3 is 0 Å². The Morgan fingerprint density at radius 2 is 1.34 bits per heavy atom. The lowest BCUT2D eigenvalue weighted by Gasteiger charge is -2.13. The van der Waals surface area contributed by atoms with Crippen molar-refractivity contribution in [3.8, 4) is 45.1 Å². The van der Waals surface area contributed by atoms with Crippen molar-refractivity contribution in [2.45, 2.75) is 0 Å². The van der Waals surface area contributed by atoms with Crippen LogP contribution >= 0.6 is 11.3 Å². The van der Waals surface area contributed by atoms with Gasteiger partial charge in [-0.3, -0.25) is 0 Å². The molecule has 0 fully saturated rings. The Bertz CT molecular complexity index is 1600. The molecule has 0 saturated carbocycles. The summed E-state index contributed by atoms with van der Waals surface area (Å²) in [7, 11) is 6.40. The molecule has 0 atom stereocenters. The normalized spacial score (nSPS) is 11.0. The highest BCUT2D eigenvalue weighted by Gasteiger charge is 2.12. The topological polar surface area (TPSA) is 68.3 Å². The summed E-state index contributed by atoms with van der Waals surface area (Å²) < 4.78 is 35.1. The van der Waals surface area contributed by atoms with Gasteiger partial charge in [-0.2, -0.15) is 0 Å². The average molecular weight is 570 g/mol. The standard InChI is InChI=1S/C33H31NO6S/c1-35-27-15-14-22(12-13-23-19-29(36-2)32(38-4)30(20-23)37-3)18-28(27)40-17-16-39-25-9-7-8-24(21-25)33-34-26-10-5-6-11-31(26)41-33/h5-15,18-21H,16-17H2,1-4H3/b13-12-. The second kappa shape index (κ2) is 13.1. The molecule has 0 bridgehead atoms. The fourth-order valence-electron chi connectivity index (χ4n) is 4.33. The third kappa shape index (κ3) is 6.56. The maximum atomic E-state index is 6.05. The number of nitrogens with zero attached hydrogens (tertiary/aromatic N) is 1. The number of hydrogen-bond acceptors (Lipinski definition) is 8. The molecule has 0 amide bonds. The number of hydrogen-bond donors (Lipinski definition) is 0. The van der Waals surface area contributed by atoms with Crippen molar-refractivity contribution in [1.29, 1.82) is 0 Å². The fourth-order valence-corrected chi connectivity index (χ4v) is 5.29. The van der Waals surface area contributed by atoms with Gasteiger partial charge in [0.1, 0.15) is 24.0 Å². The lowest BCUT2D eigenvalue weighted by Crippen LogP contribution is -2.09. The smallest absolute Gasteiger partial charge is 0.203 e. The molecule has 0 aliphatic carbocycles. The van der Waals surface area contributed by atoms with Crippen molar-refractivity contribution < 1.29 is 28.4 Å². The van der Waals surface area contributed by atoms with Gasteiger partial charge < -0.3 is 28.4 Å². The largest absolute Gasteiger partial charge is 0.493 e. The molecule has 8 heteroatoms. The Kier molecular flexibility index (Phi) is 8.91. The maximum Gasteiger partial charge on any atom is 0.203 e. The Labute approximate surface area is 243 Å². The van der Waals surface area contributed by atoms with E-state index in [1.54, 1.807) is 39.8 Å². The van der Waals surface area contributed by atoms with Crippen LogP contribution in [0, 0.1) is 0 Å². The molecule has 0 N–H and O–H groups in total. The quantitative estimate of drug-likeness (QED) is 0.113. The van der Waals surface area contributed by atoms with Crippen LogP contribution in [0.3, 0.4) is 0 Å². The highest BCUT2D eigenvalue weighted by Crippen LogP contribution is 2.39. The molecule has 0 spiro atoms. The number of aromatic nitrogens is 1.